The Morgan fingerprint density at radius 3 is 2.93 bits per heavy atom. The molecule has 0 unspecified atom stereocenters. The smallest absolute Gasteiger partial charge is 0.423 e. The van der Waals surface area contributed by atoms with Crippen LogP contribution in [0, 0.1) is 0 Å². The monoisotopic (exact) mass is 194 g/mol. The van der Waals surface area contributed by atoms with Gasteiger partial charge in [0.2, 0.25) is 0 Å². The quantitative estimate of drug-likeness (QED) is 0.787. The molecule has 14 heavy (non-hydrogen) atoms. The summed E-state index contributed by atoms with van der Waals surface area (Å²) in [4.78, 5) is 20.7. The first-order chi connectivity index (χ1) is 6.76. The number of benzene rings is 1. The molecule has 1 rings (SSSR count). The topological polar surface area (TPSA) is 64.6 Å². The molecule has 0 saturated heterocycles. The molecule has 0 aliphatic carbocycles. The standard InChI is InChI=1S/C9H8NO4/c1-13-9(12)10-7-3-2-4-8(5-7)14-6-11/h2-5H,1H3,(H,10,12). The van der Waals surface area contributed by atoms with Crippen molar-refractivity contribution in [3.63, 3.8) is 0 Å². The lowest BCUT2D eigenvalue weighted by atomic mass is 10.3. The maximum Gasteiger partial charge on any atom is 0.423 e. The lowest BCUT2D eigenvalue weighted by Gasteiger charge is -2.04. The first-order valence-electron chi connectivity index (χ1n) is 3.75. The molecule has 0 bridgehead atoms. The second-order valence-electron chi connectivity index (χ2n) is 2.33. The number of hydrogen-bond acceptors (Lipinski definition) is 4. The van der Waals surface area contributed by atoms with Crippen LogP contribution < -0.4 is 10.1 Å². The van der Waals surface area contributed by atoms with Crippen LogP contribution in [0.3, 0.4) is 0 Å². The van der Waals surface area contributed by atoms with Crippen molar-refractivity contribution in [1.29, 1.82) is 0 Å². The van der Waals surface area contributed by atoms with E-state index in [2.05, 4.69) is 14.8 Å². The summed E-state index contributed by atoms with van der Waals surface area (Å²) in [5.41, 5.74) is 0.476. The number of hydrogen-bond donors (Lipinski definition) is 1. The van der Waals surface area contributed by atoms with E-state index in [1.54, 1.807) is 18.2 Å². The largest absolute Gasteiger partial charge is 0.453 e. The Hall–Kier alpha value is -2.04. The van der Waals surface area contributed by atoms with Gasteiger partial charge in [-0.1, -0.05) is 6.07 Å². The molecule has 0 aliphatic heterocycles. The highest BCUT2D eigenvalue weighted by molar-refractivity contribution is 5.84. The van der Waals surface area contributed by atoms with Gasteiger partial charge in [0.05, 0.1) is 7.11 Å². The van der Waals surface area contributed by atoms with Crippen molar-refractivity contribution in [1.82, 2.24) is 0 Å². The molecule has 0 spiro atoms. The molecule has 0 aliphatic rings. The lowest BCUT2D eigenvalue weighted by molar-refractivity contribution is 0.187. The fourth-order valence-electron chi connectivity index (χ4n) is 0.854. The number of amides is 1. The van der Waals surface area contributed by atoms with Crippen LogP contribution in [0.1, 0.15) is 0 Å². The molecule has 0 heterocycles. The average Bonchev–Trinajstić information content (AvgIpc) is 2.19. The normalized spacial score (nSPS) is 8.93. The molecular weight excluding hydrogens is 186 g/mol. The average molecular weight is 194 g/mol. The van der Waals surface area contributed by atoms with E-state index in [9.17, 15) is 9.59 Å². The lowest BCUT2D eigenvalue weighted by Crippen LogP contribution is -2.10. The summed E-state index contributed by atoms with van der Waals surface area (Å²) < 4.78 is 8.85. The van der Waals surface area contributed by atoms with E-state index >= 15 is 0 Å². The Balaban J connectivity index is 2.72. The first-order valence-corrected chi connectivity index (χ1v) is 3.75. The third kappa shape index (κ3) is 2.78. The maximum atomic E-state index is 10.8. The minimum atomic E-state index is -0.586. The van der Waals surface area contributed by atoms with Crippen LogP contribution in [-0.2, 0) is 9.53 Å². The van der Waals surface area contributed by atoms with Crippen molar-refractivity contribution in [2.75, 3.05) is 12.4 Å². The molecule has 5 heteroatoms. The molecule has 1 amide bonds. The Kier molecular flexibility index (Phi) is 3.49. The molecule has 1 aromatic carbocycles. The highest BCUT2D eigenvalue weighted by Gasteiger charge is 2.01. The molecule has 0 aromatic heterocycles. The summed E-state index contributed by atoms with van der Waals surface area (Å²) in [5.74, 6) is 0.300. The Morgan fingerprint density at radius 2 is 2.29 bits per heavy atom. The molecule has 73 valence electrons. The molecule has 0 fully saturated rings. The zero-order valence-corrected chi connectivity index (χ0v) is 7.44. The first kappa shape index (κ1) is 10.0. The number of anilines is 1. The van der Waals surface area contributed by atoms with E-state index in [0.29, 0.717) is 11.4 Å². The van der Waals surface area contributed by atoms with E-state index in [4.69, 9.17) is 0 Å². The van der Waals surface area contributed by atoms with Gasteiger partial charge in [0.15, 0.2) is 0 Å². The number of methoxy groups -OCH3 is 1. The summed E-state index contributed by atoms with van der Waals surface area (Å²) >= 11 is 0. The number of carbonyl (C=O) groups excluding carboxylic acids is 2. The molecule has 0 atom stereocenters. The van der Waals surface area contributed by atoms with Gasteiger partial charge in [-0.15, -0.1) is 0 Å². The van der Waals surface area contributed by atoms with Crippen molar-refractivity contribution in [3.8, 4) is 5.75 Å². The minimum Gasteiger partial charge on any atom is -0.453 e. The number of nitrogens with one attached hydrogen (secondary N) is 1. The van der Waals surface area contributed by atoms with Crippen LogP contribution in [0.5, 0.6) is 5.75 Å². The van der Waals surface area contributed by atoms with Gasteiger partial charge in [0.25, 0.3) is 0 Å². The van der Waals surface area contributed by atoms with Crippen LogP contribution in [0.4, 0.5) is 10.5 Å². The van der Waals surface area contributed by atoms with Crippen molar-refractivity contribution in [2.45, 2.75) is 0 Å². The fraction of sp³-hybridized carbons (Fsp3) is 0.111. The number of rotatable bonds is 3. The summed E-state index contributed by atoms with van der Waals surface area (Å²) in [6.45, 7) is 1.28. The SMILES string of the molecule is COC(=O)Nc1cccc(O[C]=O)c1. The second kappa shape index (κ2) is 4.86. The number of carbonyl (C=O) groups is 1. The molecule has 1 radical (unpaired) electrons. The Morgan fingerprint density at radius 1 is 1.50 bits per heavy atom. The molecule has 5 nitrogen and oxygen atoms in total. The number of ether oxygens (including phenoxy) is 2. The van der Waals surface area contributed by atoms with E-state index in [1.807, 2.05) is 0 Å². The Labute approximate surface area is 80.6 Å². The van der Waals surface area contributed by atoms with Gasteiger partial charge in [0, 0.05) is 11.8 Å². The van der Waals surface area contributed by atoms with E-state index in [-0.39, 0.29) is 0 Å². The van der Waals surface area contributed by atoms with Crippen molar-refractivity contribution >= 4 is 18.3 Å². The third-order valence-electron chi connectivity index (χ3n) is 1.43. The van der Waals surface area contributed by atoms with Gasteiger partial charge in [-0.2, -0.15) is 0 Å². The van der Waals surface area contributed by atoms with Crippen LogP contribution in [0.15, 0.2) is 24.3 Å². The minimum absolute atomic E-state index is 0.300. The summed E-state index contributed by atoms with van der Waals surface area (Å²) in [7, 11) is 1.26. The zero-order chi connectivity index (χ0) is 10.4. The molecule has 0 saturated carbocycles. The van der Waals surface area contributed by atoms with Crippen LogP contribution in [-0.4, -0.2) is 19.7 Å². The van der Waals surface area contributed by atoms with Crippen molar-refractivity contribution in [3.05, 3.63) is 24.3 Å². The highest BCUT2D eigenvalue weighted by Crippen LogP contribution is 2.16. The van der Waals surface area contributed by atoms with Gasteiger partial charge >= 0.3 is 12.6 Å². The van der Waals surface area contributed by atoms with Crippen molar-refractivity contribution in [2.24, 2.45) is 0 Å². The molecule has 1 N–H and O–H groups in total. The van der Waals surface area contributed by atoms with E-state index in [1.165, 1.54) is 19.6 Å². The molecular formula is C9H8NO4. The van der Waals surface area contributed by atoms with Crippen LogP contribution in [0.2, 0.25) is 0 Å². The van der Waals surface area contributed by atoms with Crippen molar-refractivity contribution < 1.29 is 19.1 Å². The summed E-state index contributed by atoms with van der Waals surface area (Å²) in [6, 6.07) is 6.29. The summed E-state index contributed by atoms with van der Waals surface area (Å²) in [6.07, 6.45) is -0.586. The van der Waals surface area contributed by atoms with E-state index in [0.717, 1.165) is 0 Å². The summed E-state index contributed by atoms with van der Waals surface area (Å²) in [5, 5.41) is 2.42. The predicted octanol–water partition coefficient (Wildman–Crippen LogP) is 1.31. The predicted molar refractivity (Wildman–Crippen MR) is 48.8 cm³/mol. The van der Waals surface area contributed by atoms with Gasteiger partial charge in [-0.25, -0.2) is 9.59 Å². The highest BCUT2D eigenvalue weighted by atomic mass is 16.5. The fourth-order valence-corrected chi connectivity index (χ4v) is 0.854. The Bertz CT molecular complexity index is 337. The third-order valence-corrected chi connectivity index (χ3v) is 1.43. The zero-order valence-electron chi connectivity index (χ0n) is 7.44. The van der Waals surface area contributed by atoms with Gasteiger partial charge < -0.3 is 9.47 Å². The second-order valence-corrected chi connectivity index (χ2v) is 2.33. The van der Waals surface area contributed by atoms with Gasteiger partial charge in [-0.05, 0) is 12.1 Å². The van der Waals surface area contributed by atoms with Crippen LogP contribution in [0.25, 0.3) is 0 Å². The molecule has 1 aromatic rings. The van der Waals surface area contributed by atoms with Crippen LogP contribution >= 0.6 is 0 Å². The van der Waals surface area contributed by atoms with Gasteiger partial charge in [0.1, 0.15) is 5.75 Å². The van der Waals surface area contributed by atoms with Gasteiger partial charge in [-0.3, -0.25) is 5.32 Å². The van der Waals surface area contributed by atoms with E-state index < -0.39 is 6.09 Å². The maximum absolute atomic E-state index is 10.8.